The summed E-state index contributed by atoms with van der Waals surface area (Å²) in [7, 11) is 0. The summed E-state index contributed by atoms with van der Waals surface area (Å²) < 4.78 is 43.0. The second-order valence-corrected chi connectivity index (χ2v) is 4.52. The number of nitrogens with one attached hydrogen (secondary N) is 1. The van der Waals surface area contributed by atoms with Gasteiger partial charge in [-0.2, -0.15) is 18.4 Å². The molecule has 0 spiro atoms. The van der Waals surface area contributed by atoms with Gasteiger partial charge in [-0.15, -0.1) is 0 Å². The number of carboxylic acid groups (broad SMARTS) is 1. The number of aromatic nitrogens is 1. The largest absolute Gasteiger partial charge is 0.479 e. The first-order valence-electron chi connectivity index (χ1n) is 5.86. The van der Waals surface area contributed by atoms with Crippen molar-refractivity contribution in [3.63, 3.8) is 0 Å². The number of pyridine rings is 1. The van der Waals surface area contributed by atoms with Gasteiger partial charge in [0, 0.05) is 13.0 Å². The van der Waals surface area contributed by atoms with Crippen molar-refractivity contribution >= 4 is 11.8 Å². The minimum atomic E-state index is -4.69. The van der Waals surface area contributed by atoms with Gasteiger partial charge in [0.25, 0.3) is 0 Å². The van der Waals surface area contributed by atoms with Gasteiger partial charge in [-0.05, 0) is 12.1 Å². The maximum Gasteiger partial charge on any atom is 0.433 e. The van der Waals surface area contributed by atoms with Crippen LogP contribution in [-0.4, -0.2) is 34.8 Å². The predicted octanol–water partition coefficient (Wildman–Crippen LogP) is 1.63. The molecule has 0 aliphatic carbocycles. The number of hydrogen-bond acceptors (Lipinski definition) is 5. The first kappa shape index (κ1) is 15.1. The molecule has 0 saturated carbocycles. The molecule has 1 fully saturated rings. The van der Waals surface area contributed by atoms with Crippen LogP contribution in [0.4, 0.5) is 19.0 Å². The maximum absolute atomic E-state index is 12.7. The average molecular weight is 301 g/mol. The lowest BCUT2D eigenvalue weighted by atomic mass is 9.98. The molecule has 1 saturated heterocycles. The topological polar surface area (TPSA) is 95.2 Å². The molecule has 2 N–H and O–H groups in total. The summed E-state index contributed by atoms with van der Waals surface area (Å²) >= 11 is 0. The second kappa shape index (κ2) is 5.21. The van der Waals surface area contributed by atoms with Crippen molar-refractivity contribution in [3.8, 4) is 6.07 Å². The number of carboxylic acids is 1. The summed E-state index contributed by atoms with van der Waals surface area (Å²) in [4.78, 5) is 14.7. The van der Waals surface area contributed by atoms with Crippen LogP contribution in [0.15, 0.2) is 12.1 Å². The van der Waals surface area contributed by atoms with Crippen molar-refractivity contribution in [1.82, 2.24) is 4.98 Å². The standard InChI is InChI=1S/C12H10F3N3O3/c13-12(14,15)8-2-1-7(5-16)9(17-8)18-11(10(19)20)3-4-21-6-11/h1-2H,3-4,6H2,(H,17,18)(H,19,20). The third kappa shape index (κ3) is 2.90. The Morgan fingerprint density at radius 1 is 1.52 bits per heavy atom. The Morgan fingerprint density at radius 3 is 2.71 bits per heavy atom. The molecule has 1 atom stereocenters. The quantitative estimate of drug-likeness (QED) is 0.881. The van der Waals surface area contributed by atoms with E-state index in [2.05, 4.69) is 10.3 Å². The van der Waals surface area contributed by atoms with E-state index in [1.807, 2.05) is 0 Å². The highest BCUT2D eigenvalue weighted by Gasteiger charge is 2.44. The zero-order chi connectivity index (χ0) is 15.7. The Balaban J connectivity index is 2.42. The monoisotopic (exact) mass is 301 g/mol. The van der Waals surface area contributed by atoms with Gasteiger partial charge >= 0.3 is 12.1 Å². The number of ether oxygens (including phenoxy) is 1. The van der Waals surface area contributed by atoms with Crippen LogP contribution < -0.4 is 5.32 Å². The van der Waals surface area contributed by atoms with E-state index in [0.717, 1.165) is 6.07 Å². The molecule has 6 nitrogen and oxygen atoms in total. The van der Waals surface area contributed by atoms with E-state index >= 15 is 0 Å². The highest BCUT2D eigenvalue weighted by Crippen LogP contribution is 2.31. The van der Waals surface area contributed by atoms with Crippen LogP contribution in [0, 0.1) is 11.3 Å². The number of hydrogen-bond donors (Lipinski definition) is 2. The summed E-state index contributed by atoms with van der Waals surface area (Å²) in [6.07, 6.45) is -4.63. The van der Waals surface area contributed by atoms with Crippen LogP contribution in [0.3, 0.4) is 0 Å². The molecule has 112 valence electrons. The van der Waals surface area contributed by atoms with Crippen LogP contribution in [0.25, 0.3) is 0 Å². The number of aliphatic carboxylic acids is 1. The summed E-state index contributed by atoms with van der Waals surface area (Å²) in [5.74, 6) is -1.69. The van der Waals surface area contributed by atoms with E-state index < -0.39 is 29.2 Å². The molecular formula is C12H10F3N3O3. The first-order chi connectivity index (χ1) is 9.78. The SMILES string of the molecule is N#Cc1ccc(C(F)(F)F)nc1NC1(C(=O)O)CCOC1. The number of rotatable bonds is 3. The van der Waals surface area contributed by atoms with Crippen molar-refractivity contribution in [2.45, 2.75) is 18.1 Å². The summed E-state index contributed by atoms with van der Waals surface area (Å²) in [6.45, 7) is -0.0642. The lowest BCUT2D eigenvalue weighted by Gasteiger charge is -2.25. The Hall–Kier alpha value is -2.34. The maximum atomic E-state index is 12.7. The van der Waals surface area contributed by atoms with Crippen LogP contribution >= 0.6 is 0 Å². The summed E-state index contributed by atoms with van der Waals surface area (Å²) in [6, 6.07) is 3.30. The van der Waals surface area contributed by atoms with Gasteiger partial charge in [-0.25, -0.2) is 9.78 Å². The number of alkyl halides is 3. The van der Waals surface area contributed by atoms with Gasteiger partial charge in [0.05, 0.1) is 12.2 Å². The van der Waals surface area contributed by atoms with Gasteiger partial charge in [-0.3, -0.25) is 0 Å². The van der Waals surface area contributed by atoms with Crippen LogP contribution in [0.5, 0.6) is 0 Å². The van der Waals surface area contributed by atoms with E-state index in [0.29, 0.717) is 6.07 Å². The molecule has 1 aromatic heterocycles. The van der Waals surface area contributed by atoms with Crippen LogP contribution in [0.2, 0.25) is 0 Å². The Kier molecular flexibility index (Phi) is 3.74. The third-order valence-electron chi connectivity index (χ3n) is 3.09. The first-order valence-corrected chi connectivity index (χ1v) is 5.86. The normalized spacial score (nSPS) is 21.8. The van der Waals surface area contributed by atoms with Gasteiger partial charge in [0.15, 0.2) is 5.54 Å². The summed E-state index contributed by atoms with van der Waals surface area (Å²) in [5, 5.41) is 20.6. The molecular weight excluding hydrogens is 291 g/mol. The number of halogens is 3. The zero-order valence-electron chi connectivity index (χ0n) is 10.6. The van der Waals surface area contributed by atoms with E-state index in [1.54, 1.807) is 6.07 Å². The van der Waals surface area contributed by atoms with Gasteiger partial charge in [-0.1, -0.05) is 0 Å². The minimum absolute atomic E-state index is 0.0606. The molecule has 0 bridgehead atoms. The van der Waals surface area contributed by atoms with Crippen molar-refractivity contribution < 1.29 is 27.8 Å². The average Bonchev–Trinajstić information content (AvgIpc) is 2.87. The third-order valence-corrected chi connectivity index (χ3v) is 3.09. The molecule has 0 amide bonds. The van der Waals surface area contributed by atoms with Crippen molar-refractivity contribution in [2.24, 2.45) is 0 Å². The zero-order valence-corrected chi connectivity index (χ0v) is 10.6. The molecule has 1 aliphatic rings. The fourth-order valence-electron chi connectivity index (χ4n) is 1.91. The number of anilines is 1. The van der Waals surface area contributed by atoms with E-state index in [1.165, 1.54) is 0 Å². The number of nitriles is 1. The molecule has 9 heteroatoms. The predicted molar refractivity (Wildman–Crippen MR) is 63.4 cm³/mol. The van der Waals surface area contributed by atoms with Crippen molar-refractivity contribution in [2.75, 3.05) is 18.5 Å². The smallest absolute Gasteiger partial charge is 0.433 e. The molecule has 1 aromatic rings. The molecule has 1 aliphatic heterocycles. The van der Waals surface area contributed by atoms with E-state index in [-0.39, 0.29) is 25.2 Å². The molecule has 0 aromatic carbocycles. The number of carbonyl (C=O) groups is 1. The lowest BCUT2D eigenvalue weighted by Crippen LogP contribution is -2.47. The van der Waals surface area contributed by atoms with Gasteiger partial charge in [0.1, 0.15) is 17.6 Å². The van der Waals surface area contributed by atoms with Crippen LogP contribution in [-0.2, 0) is 15.7 Å². The highest BCUT2D eigenvalue weighted by atomic mass is 19.4. The Labute approximate surface area is 117 Å². The van der Waals surface area contributed by atoms with E-state index in [9.17, 15) is 23.1 Å². The minimum Gasteiger partial charge on any atom is -0.479 e. The fraction of sp³-hybridized carbons (Fsp3) is 0.417. The lowest BCUT2D eigenvalue weighted by molar-refractivity contribution is -0.142. The van der Waals surface area contributed by atoms with Crippen molar-refractivity contribution in [3.05, 3.63) is 23.4 Å². The van der Waals surface area contributed by atoms with Gasteiger partial charge in [0.2, 0.25) is 0 Å². The second-order valence-electron chi connectivity index (χ2n) is 4.52. The molecule has 2 rings (SSSR count). The highest BCUT2D eigenvalue weighted by molar-refractivity contribution is 5.83. The molecule has 21 heavy (non-hydrogen) atoms. The Morgan fingerprint density at radius 2 is 2.24 bits per heavy atom. The number of nitrogens with zero attached hydrogens (tertiary/aromatic N) is 2. The Bertz CT molecular complexity index is 604. The van der Waals surface area contributed by atoms with Crippen molar-refractivity contribution in [1.29, 1.82) is 5.26 Å². The van der Waals surface area contributed by atoms with Gasteiger partial charge < -0.3 is 15.2 Å². The fourth-order valence-corrected chi connectivity index (χ4v) is 1.91. The van der Waals surface area contributed by atoms with E-state index in [4.69, 9.17) is 10.00 Å². The molecule has 2 heterocycles. The molecule has 1 unspecified atom stereocenters. The molecule has 0 radical (unpaired) electrons. The summed E-state index contributed by atoms with van der Waals surface area (Å²) in [5.41, 5.74) is -2.96. The van der Waals surface area contributed by atoms with Crippen LogP contribution in [0.1, 0.15) is 17.7 Å².